The van der Waals surface area contributed by atoms with Gasteiger partial charge in [0.2, 0.25) is 5.91 Å². The summed E-state index contributed by atoms with van der Waals surface area (Å²) in [5.74, 6) is 1.99. The molecule has 2 unspecified atom stereocenters. The molecule has 8 rings (SSSR count). The van der Waals surface area contributed by atoms with Gasteiger partial charge < -0.3 is 48.1 Å². The molecule has 2 aromatic carbocycles. The number of nitrogens with one attached hydrogen (secondary N) is 1. The number of ether oxygens (including phenoxy) is 6. The molecule has 2 aliphatic heterocycles. The molecule has 1 saturated carbocycles. The number of fused-ring (bicyclic) bond motifs is 1. The van der Waals surface area contributed by atoms with Gasteiger partial charge in [-0.1, -0.05) is 18.1 Å². The number of anilines is 3. The second kappa shape index (κ2) is 29.2. The molecular formula is C60H75FN8O9+2. The Morgan fingerprint density at radius 2 is 1.49 bits per heavy atom. The summed E-state index contributed by atoms with van der Waals surface area (Å²) in [4.78, 5) is 53.5. The van der Waals surface area contributed by atoms with E-state index in [-0.39, 0.29) is 55.5 Å². The Kier molecular flexibility index (Phi) is 21.4. The van der Waals surface area contributed by atoms with Crippen molar-refractivity contribution in [2.24, 2.45) is 11.8 Å². The monoisotopic (exact) mass is 1070 g/mol. The highest BCUT2D eigenvalue weighted by Gasteiger charge is 2.31. The molecule has 3 fully saturated rings. The van der Waals surface area contributed by atoms with Crippen molar-refractivity contribution < 1.29 is 51.6 Å². The van der Waals surface area contributed by atoms with Crippen molar-refractivity contribution in [1.82, 2.24) is 14.5 Å². The van der Waals surface area contributed by atoms with Crippen LogP contribution < -0.4 is 20.5 Å². The van der Waals surface area contributed by atoms with Gasteiger partial charge in [-0.15, -0.1) is 11.0 Å². The van der Waals surface area contributed by atoms with Crippen LogP contribution in [0.3, 0.4) is 0 Å². The second-order valence-electron chi connectivity index (χ2n) is 20.3. The number of carbonyl (C=O) groups is 2. The third-order valence-electron chi connectivity index (χ3n) is 14.0. The summed E-state index contributed by atoms with van der Waals surface area (Å²) < 4.78 is 54.9. The first-order chi connectivity index (χ1) is 38.0. The molecule has 78 heavy (non-hydrogen) atoms. The highest BCUT2D eigenvalue weighted by Crippen LogP contribution is 2.39. The van der Waals surface area contributed by atoms with E-state index in [2.05, 4.69) is 59.7 Å². The minimum atomic E-state index is -0.515. The summed E-state index contributed by atoms with van der Waals surface area (Å²) in [5.41, 5.74) is 7.20. The van der Waals surface area contributed by atoms with Gasteiger partial charge in [-0.2, -0.15) is 4.79 Å². The number of aryl methyl sites for hydroxylation is 2. The lowest BCUT2D eigenvalue weighted by atomic mass is 9.98. The Labute approximate surface area is 457 Å². The van der Waals surface area contributed by atoms with Crippen molar-refractivity contribution in [3.63, 3.8) is 0 Å². The van der Waals surface area contributed by atoms with Gasteiger partial charge in [0.05, 0.1) is 106 Å². The van der Waals surface area contributed by atoms with E-state index < -0.39 is 11.9 Å². The highest BCUT2D eigenvalue weighted by molar-refractivity contribution is 5.90. The minimum Gasteiger partial charge on any atom is -0.407 e. The normalized spacial score (nSPS) is 16.9. The highest BCUT2D eigenvalue weighted by atomic mass is 19.1. The summed E-state index contributed by atoms with van der Waals surface area (Å²) in [6, 6.07) is 18.9. The molecule has 0 spiro atoms. The van der Waals surface area contributed by atoms with E-state index in [1.54, 1.807) is 31.3 Å². The van der Waals surface area contributed by atoms with Crippen LogP contribution in [0.5, 0.6) is 0 Å². The standard InChI is InChI=1S/C60H74FN8O9/c1-5-22-73-24-26-75-28-30-77-31-29-76-27-25-74-23-18-58(70)64-51-11-9-46(10-12-51)43-78-60(72)65(4)36-49-17-21-68(40-49)57-34-56-54(33-55(57)61)59(71)50(42-69(56)52-14-15-52)41-66(37-47-16-19-62-45(3)32-47)38-48-7-6-20-67(39-48)53-13-8-44(2)63-35-53/h1,8-13,16,19,32-36,38,42,48-49,52H,6-7,14-15,17-18,20-31,37,39-41,43H2,2-4H3/q+1/p+1/b65-36+,66-38?. The van der Waals surface area contributed by atoms with E-state index in [0.29, 0.717) is 108 Å². The summed E-state index contributed by atoms with van der Waals surface area (Å²) in [6.07, 6.45) is 19.5. The molecule has 3 aromatic heterocycles. The summed E-state index contributed by atoms with van der Waals surface area (Å²) in [7, 11) is 1.66. The van der Waals surface area contributed by atoms with E-state index in [1.165, 1.54) is 10.6 Å². The van der Waals surface area contributed by atoms with Crippen LogP contribution in [0.2, 0.25) is 0 Å². The van der Waals surface area contributed by atoms with Crippen LogP contribution in [-0.4, -0.2) is 147 Å². The van der Waals surface area contributed by atoms with Gasteiger partial charge in [0.1, 0.15) is 32.3 Å². The Morgan fingerprint density at radius 3 is 2.18 bits per heavy atom. The minimum absolute atomic E-state index is 0.0394. The smallest absolute Gasteiger partial charge is 0.407 e. The van der Waals surface area contributed by atoms with Crippen molar-refractivity contribution in [3.8, 4) is 12.3 Å². The molecule has 0 radical (unpaired) electrons. The zero-order chi connectivity index (χ0) is 54.6. The number of piperidine rings is 1. The predicted molar refractivity (Wildman–Crippen MR) is 298 cm³/mol. The number of carbonyl (C=O) groups excluding carboxylic acids is 2. The topological polar surface area (TPSA) is 162 Å². The average Bonchev–Trinajstić information content (AvgIpc) is 4.36. The molecular weight excluding hydrogens is 996 g/mol. The van der Waals surface area contributed by atoms with Gasteiger partial charge in [-0.25, -0.2) is 8.97 Å². The van der Waals surface area contributed by atoms with Crippen LogP contribution in [0.25, 0.3) is 10.9 Å². The number of hydrogen-bond acceptors (Lipinski definition) is 13. The van der Waals surface area contributed by atoms with Gasteiger partial charge in [0, 0.05) is 72.6 Å². The second-order valence-corrected chi connectivity index (χ2v) is 20.3. The van der Waals surface area contributed by atoms with Crippen LogP contribution in [0.15, 0.2) is 84.0 Å². The zero-order valence-corrected chi connectivity index (χ0v) is 45.4. The summed E-state index contributed by atoms with van der Waals surface area (Å²) in [6.45, 7) is 11.9. The van der Waals surface area contributed by atoms with E-state index in [4.69, 9.17) is 34.8 Å². The number of benzene rings is 2. The number of aromatic nitrogens is 3. The van der Waals surface area contributed by atoms with E-state index in [1.807, 2.05) is 55.7 Å². The number of nitrogens with zero attached hydrogens (tertiary/aromatic N) is 7. The number of terminal acetylenes is 1. The van der Waals surface area contributed by atoms with Gasteiger partial charge in [0.15, 0.2) is 24.7 Å². The maximum Gasteiger partial charge on any atom is 0.596 e. The Morgan fingerprint density at radius 1 is 0.782 bits per heavy atom. The quantitative estimate of drug-likeness (QED) is 0.0227. The molecule has 5 heterocycles. The first-order valence-corrected chi connectivity index (χ1v) is 27.3. The van der Waals surface area contributed by atoms with E-state index >= 15 is 4.39 Å². The predicted octanol–water partition coefficient (Wildman–Crippen LogP) is 7.50. The number of pyridine rings is 3. The molecule has 0 bridgehead atoms. The van der Waals surface area contributed by atoms with Crippen LogP contribution in [0.1, 0.15) is 72.6 Å². The molecule has 5 aromatic rings. The summed E-state index contributed by atoms with van der Waals surface area (Å²) >= 11 is 0. The molecule has 17 nitrogen and oxygen atoms in total. The molecule has 18 heteroatoms. The number of hydrogen-bond donors (Lipinski definition) is 1. The fourth-order valence-electron chi connectivity index (χ4n) is 9.89. The van der Waals surface area contributed by atoms with Crippen LogP contribution >= 0.6 is 0 Å². The number of halogens is 1. The van der Waals surface area contributed by atoms with Gasteiger partial charge in [0.25, 0.3) is 0 Å². The SMILES string of the molecule is C#CCOCCOCCOCCOCCOCCC(=O)Nc1ccc(COC(=O)/[N+](C)=C/C2CCN(c3cc4c(cc3F)c(=O)c(C[N+](=CC3CCCN(c5ccc(C)nc5)C3)Cc3ccnc(C)c3)cn4C3CC3)C2)cc1. The largest absolute Gasteiger partial charge is 0.596 e. The Hall–Kier alpha value is -6.88. The third-order valence-corrected chi connectivity index (χ3v) is 14.0. The molecule has 1 aliphatic carbocycles. The average molecular weight is 1070 g/mol. The molecule has 414 valence electrons. The molecule has 2 atom stereocenters. The third kappa shape index (κ3) is 17.3. The maximum atomic E-state index is 16.4. The fourth-order valence-corrected chi connectivity index (χ4v) is 9.89. The Balaban J connectivity index is 0.802. The first kappa shape index (κ1) is 57.3. The van der Waals surface area contributed by atoms with Crippen molar-refractivity contribution in [2.75, 3.05) is 114 Å². The van der Waals surface area contributed by atoms with Gasteiger partial charge >= 0.3 is 6.09 Å². The fraction of sp³-hybridized carbons (Fsp3) is 0.483. The van der Waals surface area contributed by atoms with Gasteiger partial charge in [-0.3, -0.25) is 19.6 Å². The van der Waals surface area contributed by atoms with E-state index in [9.17, 15) is 14.4 Å². The molecule has 3 aliphatic rings. The van der Waals surface area contributed by atoms with Crippen molar-refractivity contribution >= 4 is 52.4 Å². The van der Waals surface area contributed by atoms with Crippen LogP contribution in [0, 0.1) is 43.8 Å². The Bertz CT molecular complexity index is 2960. The summed E-state index contributed by atoms with van der Waals surface area (Å²) in [5, 5.41) is 3.24. The van der Waals surface area contributed by atoms with Crippen molar-refractivity contribution in [1.29, 1.82) is 0 Å². The lowest BCUT2D eigenvalue weighted by Crippen LogP contribution is -2.37. The first-order valence-electron chi connectivity index (χ1n) is 27.3. The van der Waals surface area contributed by atoms with E-state index in [0.717, 1.165) is 72.5 Å². The number of amides is 2. The van der Waals surface area contributed by atoms with Crippen LogP contribution in [-0.2, 0) is 52.9 Å². The zero-order valence-electron chi connectivity index (χ0n) is 45.4. The van der Waals surface area contributed by atoms with Crippen LogP contribution in [0.4, 0.5) is 26.2 Å². The molecule has 2 amide bonds. The van der Waals surface area contributed by atoms with Gasteiger partial charge in [-0.05, 0) is 100 Å². The van der Waals surface area contributed by atoms with Crippen molar-refractivity contribution in [3.05, 3.63) is 123 Å². The van der Waals surface area contributed by atoms with Crippen molar-refractivity contribution in [2.45, 2.75) is 78.1 Å². The molecule has 2 saturated heterocycles. The molecule has 1 N–H and O–H groups in total. The number of rotatable bonds is 28. The lowest BCUT2D eigenvalue weighted by Gasteiger charge is -2.32. The maximum absolute atomic E-state index is 16.4. The lowest BCUT2D eigenvalue weighted by molar-refractivity contribution is -0.557.